The van der Waals surface area contributed by atoms with Crippen LogP contribution in [0.15, 0.2) is 10.4 Å². The van der Waals surface area contributed by atoms with Crippen LogP contribution in [0, 0.1) is 0 Å². The van der Waals surface area contributed by atoms with E-state index in [1.54, 1.807) is 0 Å². The number of hydrogen-bond acceptors (Lipinski definition) is 5. The molecule has 0 aliphatic heterocycles. The van der Waals surface area contributed by atoms with Crippen molar-refractivity contribution < 1.29 is 8.42 Å². The van der Waals surface area contributed by atoms with Crippen molar-refractivity contribution in [2.75, 3.05) is 5.73 Å². The van der Waals surface area contributed by atoms with Crippen molar-refractivity contribution in [2.45, 2.75) is 4.21 Å². The Kier molecular flexibility index (Phi) is 1.63. The largest absolute Gasteiger partial charge is 0.375 e. The molecule has 1 aromatic heterocycles. The van der Waals surface area contributed by atoms with Crippen LogP contribution in [-0.4, -0.2) is 13.4 Å². The van der Waals surface area contributed by atoms with Gasteiger partial charge in [-0.1, -0.05) is 11.3 Å². The van der Waals surface area contributed by atoms with Gasteiger partial charge in [-0.15, -0.1) is 0 Å². The SMILES string of the molecule is Nc1ncc(S(N)(=O)=O)s1. The minimum atomic E-state index is -3.61. The van der Waals surface area contributed by atoms with E-state index < -0.39 is 10.0 Å². The molecule has 5 nitrogen and oxygen atoms in total. The molecular weight excluding hydrogens is 174 g/mol. The van der Waals surface area contributed by atoms with Crippen LogP contribution in [0.4, 0.5) is 5.13 Å². The van der Waals surface area contributed by atoms with Crippen LogP contribution in [0.2, 0.25) is 0 Å². The van der Waals surface area contributed by atoms with Gasteiger partial charge in [0.05, 0.1) is 6.20 Å². The fourth-order valence-corrected chi connectivity index (χ4v) is 1.74. The number of nitrogens with zero attached hydrogens (tertiary/aromatic N) is 1. The predicted octanol–water partition coefficient (Wildman–Crippen LogP) is -0.627. The second-order valence-corrected chi connectivity index (χ2v) is 4.41. The number of rotatable bonds is 1. The number of nitrogen functional groups attached to an aromatic ring is 1. The average molecular weight is 179 g/mol. The maximum absolute atomic E-state index is 10.5. The van der Waals surface area contributed by atoms with E-state index in [1.165, 1.54) is 0 Å². The van der Waals surface area contributed by atoms with Crippen molar-refractivity contribution in [3.05, 3.63) is 6.20 Å². The van der Waals surface area contributed by atoms with E-state index in [2.05, 4.69) is 4.98 Å². The van der Waals surface area contributed by atoms with Gasteiger partial charge in [-0.2, -0.15) is 0 Å². The van der Waals surface area contributed by atoms with Crippen LogP contribution in [0.25, 0.3) is 0 Å². The molecule has 0 spiro atoms. The van der Waals surface area contributed by atoms with Crippen molar-refractivity contribution in [3.63, 3.8) is 0 Å². The van der Waals surface area contributed by atoms with Crippen LogP contribution in [0.1, 0.15) is 0 Å². The van der Waals surface area contributed by atoms with Crippen molar-refractivity contribution >= 4 is 26.5 Å². The van der Waals surface area contributed by atoms with Crippen LogP contribution >= 0.6 is 11.3 Å². The Balaban J connectivity index is 3.21. The highest BCUT2D eigenvalue weighted by Gasteiger charge is 2.10. The summed E-state index contributed by atoms with van der Waals surface area (Å²) in [5.41, 5.74) is 5.16. The minimum absolute atomic E-state index is 0.00926. The first kappa shape index (κ1) is 7.45. The van der Waals surface area contributed by atoms with E-state index in [4.69, 9.17) is 10.9 Å². The smallest absolute Gasteiger partial charge is 0.249 e. The van der Waals surface area contributed by atoms with Crippen molar-refractivity contribution in [1.82, 2.24) is 4.98 Å². The number of thiazole rings is 1. The highest BCUT2D eigenvalue weighted by Crippen LogP contribution is 2.17. The lowest BCUT2D eigenvalue weighted by Gasteiger charge is -1.85. The Morgan fingerprint density at radius 3 is 2.40 bits per heavy atom. The van der Waals surface area contributed by atoms with Gasteiger partial charge in [0.2, 0.25) is 10.0 Å². The van der Waals surface area contributed by atoms with E-state index in [1.807, 2.05) is 0 Å². The number of hydrogen-bond donors (Lipinski definition) is 2. The predicted molar refractivity (Wildman–Crippen MR) is 37.9 cm³/mol. The van der Waals surface area contributed by atoms with Gasteiger partial charge < -0.3 is 5.73 Å². The van der Waals surface area contributed by atoms with Crippen molar-refractivity contribution in [3.8, 4) is 0 Å². The van der Waals surface area contributed by atoms with Crippen LogP contribution in [0.3, 0.4) is 0 Å². The molecule has 0 aliphatic carbocycles. The van der Waals surface area contributed by atoms with Crippen LogP contribution in [0.5, 0.6) is 0 Å². The van der Waals surface area contributed by atoms with E-state index in [-0.39, 0.29) is 9.34 Å². The summed E-state index contributed by atoms with van der Waals surface area (Å²) in [6.07, 6.45) is 1.13. The third kappa shape index (κ3) is 1.43. The fraction of sp³-hybridized carbons (Fsp3) is 0. The maximum atomic E-state index is 10.5. The van der Waals surface area contributed by atoms with Gasteiger partial charge in [-0.3, -0.25) is 0 Å². The van der Waals surface area contributed by atoms with E-state index in [0.29, 0.717) is 0 Å². The normalized spacial score (nSPS) is 11.7. The topological polar surface area (TPSA) is 99.1 Å². The molecule has 0 saturated carbocycles. The van der Waals surface area contributed by atoms with E-state index in [9.17, 15) is 8.42 Å². The third-order valence-corrected chi connectivity index (χ3v) is 3.02. The number of nitrogens with two attached hydrogens (primary N) is 2. The Morgan fingerprint density at radius 1 is 1.60 bits per heavy atom. The molecule has 0 fully saturated rings. The van der Waals surface area contributed by atoms with Gasteiger partial charge in [-0.25, -0.2) is 18.5 Å². The zero-order chi connectivity index (χ0) is 7.78. The fourth-order valence-electron chi connectivity index (χ4n) is 0.404. The molecule has 0 saturated heterocycles. The van der Waals surface area contributed by atoms with Gasteiger partial charge in [0, 0.05) is 0 Å². The quantitative estimate of drug-likeness (QED) is 0.599. The lowest BCUT2D eigenvalue weighted by Crippen LogP contribution is -2.09. The molecule has 0 bridgehead atoms. The summed E-state index contributed by atoms with van der Waals surface area (Å²) in [5, 5.41) is 4.96. The van der Waals surface area contributed by atoms with Crippen LogP contribution < -0.4 is 10.9 Å². The summed E-state index contributed by atoms with van der Waals surface area (Å²) in [6, 6.07) is 0. The van der Waals surface area contributed by atoms with Gasteiger partial charge in [0.25, 0.3) is 0 Å². The number of aromatic nitrogens is 1. The molecule has 56 valence electrons. The molecule has 0 amide bonds. The molecule has 1 heterocycles. The van der Waals surface area contributed by atoms with Crippen molar-refractivity contribution in [2.24, 2.45) is 5.14 Å². The Hall–Kier alpha value is -0.660. The Morgan fingerprint density at radius 2 is 2.20 bits per heavy atom. The highest BCUT2D eigenvalue weighted by molar-refractivity contribution is 7.91. The number of anilines is 1. The van der Waals surface area contributed by atoms with Gasteiger partial charge in [0.1, 0.15) is 0 Å². The monoisotopic (exact) mass is 179 g/mol. The first-order valence-electron chi connectivity index (χ1n) is 2.24. The number of primary sulfonamides is 1. The second kappa shape index (κ2) is 2.19. The average Bonchev–Trinajstić information content (AvgIpc) is 2.11. The summed E-state index contributed by atoms with van der Waals surface area (Å²) in [6.45, 7) is 0. The lowest BCUT2D eigenvalue weighted by atomic mass is 11.0. The molecule has 0 aromatic carbocycles. The molecule has 0 unspecified atom stereocenters. The molecular formula is C3H5N3O2S2. The lowest BCUT2D eigenvalue weighted by molar-refractivity contribution is 0.599. The maximum Gasteiger partial charge on any atom is 0.249 e. The van der Waals surface area contributed by atoms with Crippen molar-refractivity contribution in [1.29, 1.82) is 0 Å². The Labute approximate surface area is 61.7 Å². The van der Waals surface area contributed by atoms with E-state index >= 15 is 0 Å². The summed E-state index contributed by atoms with van der Waals surface area (Å²) in [5.74, 6) is 0. The van der Waals surface area contributed by atoms with E-state index in [0.717, 1.165) is 17.5 Å². The number of sulfonamides is 1. The summed E-state index contributed by atoms with van der Waals surface area (Å²) >= 11 is 0.848. The molecule has 10 heavy (non-hydrogen) atoms. The van der Waals surface area contributed by atoms with Gasteiger partial charge in [-0.05, 0) is 0 Å². The molecule has 4 N–H and O–H groups in total. The molecule has 1 aromatic rings. The molecule has 7 heteroatoms. The van der Waals surface area contributed by atoms with Gasteiger partial charge in [0.15, 0.2) is 9.34 Å². The second-order valence-electron chi connectivity index (χ2n) is 1.56. The third-order valence-electron chi connectivity index (χ3n) is 0.783. The van der Waals surface area contributed by atoms with Crippen LogP contribution in [-0.2, 0) is 10.0 Å². The first-order valence-corrected chi connectivity index (χ1v) is 4.60. The minimum Gasteiger partial charge on any atom is -0.375 e. The Bertz CT molecular complexity index is 327. The molecule has 1 rings (SSSR count). The molecule has 0 radical (unpaired) electrons. The zero-order valence-electron chi connectivity index (χ0n) is 4.81. The summed E-state index contributed by atoms with van der Waals surface area (Å²) in [7, 11) is -3.61. The molecule has 0 aliphatic rings. The molecule has 0 atom stereocenters. The zero-order valence-corrected chi connectivity index (χ0v) is 6.45. The van der Waals surface area contributed by atoms with Gasteiger partial charge >= 0.3 is 0 Å². The highest BCUT2D eigenvalue weighted by atomic mass is 32.2. The first-order chi connectivity index (χ1) is 4.50. The standard InChI is InChI=1S/C3H5N3O2S2/c4-3-6-1-2(9-3)10(5,7)8/h1H,(H2,4,6)(H2,5,7,8). The summed E-state index contributed by atoms with van der Waals surface area (Å²) in [4.78, 5) is 3.52. The summed E-state index contributed by atoms with van der Waals surface area (Å²) < 4.78 is 21.1.